The summed E-state index contributed by atoms with van der Waals surface area (Å²) in [4.78, 5) is 11.3. The van der Waals surface area contributed by atoms with E-state index < -0.39 is 12.1 Å². The van der Waals surface area contributed by atoms with Crippen LogP contribution in [0.25, 0.3) is 0 Å². The van der Waals surface area contributed by atoms with Crippen LogP contribution in [0.2, 0.25) is 0 Å². The molecule has 0 aliphatic heterocycles. The maximum Gasteiger partial charge on any atom is 0.333 e. The Morgan fingerprint density at radius 2 is 1.27 bits per heavy atom. The highest BCUT2D eigenvalue weighted by Crippen LogP contribution is 2.23. The number of para-hydroxylation sites is 1. The number of hydrogen-bond donors (Lipinski definition) is 1. The van der Waals surface area contributed by atoms with Gasteiger partial charge in [-0.1, -0.05) is 30.3 Å². The fourth-order valence-corrected chi connectivity index (χ4v) is 3.13. The monoisotopic (exact) mass is 450 g/mol. The first-order valence-electron chi connectivity index (χ1n) is 11.1. The van der Waals surface area contributed by atoms with E-state index in [9.17, 15) is 9.90 Å². The van der Waals surface area contributed by atoms with Crippen molar-refractivity contribution in [2.24, 2.45) is 0 Å². The number of ether oxygens (including phenoxy) is 4. The van der Waals surface area contributed by atoms with Gasteiger partial charge in [-0.25, -0.2) is 4.79 Å². The van der Waals surface area contributed by atoms with E-state index in [0.29, 0.717) is 19.6 Å². The van der Waals surface area contributed by atoms with Crippen molar-refractivity contribution in [1.29, 1.82) is 0 Å². The fourth-order valence-electron chi connectivity index (χ4n) is 3.13. The average molecular weight is 451 g/mol. The Morgan fingerprint density at radius 1 is 0.758 bits per heavy atom. The second-order valence-electron chi connectivity index (χ2n) is 7.80. The Bertz CT molecular complexity index is 968. The van der Waals surface area contributed by atoms with Crippen LogP contribution in [0.3, 0.4) is 0 Å². The van der Waals surface area contributed by atoms with E-state index in [1.165, 1.54) is 0 Å². The summed E-state index contributed by atoms with van der Waals surface area (Å²) < 4.78 is 22.7. The van der Waals surface area contributed by atoms with Crippen LogP contribution in [0.5, 0.6) is 23.0 Å². The summed E-state index contributed by atoms with van der Waals surface area (Å²) >= 11 is 0. The molecule has 0 saturated carbocycles. The zero-order valence-corrected chi connectivity index (χ0v) is 19.0. The number of carbonyl (C=O) groups is 1. The van der Waals surface area contributed by atoms with E-state index in [2.05, 4.69) is 0 Å². The molecule has 0 amide bonds. The first-order valence-corrected chi connectivity index (χ1v) is 11.1. The molecule has 0 spiro atoms. The van der Waals surface area contributed by atoms with Crippen LogP contribution in [-0.4, -0.2) is 36.5 Å². The summed E-state index contributed by atoms with van der Waals surface area (Å²) in [5, 5.41) is 9.29. The van der Waals surface area contributed by atoms with E-state index in [4.69, 9.17) is 18.9 Å². The van der Waals surface area contributed by atoms with Gasteiger partial charge in [-0.05, 0) is 67.9 Å². The molecule has 3 aromatic rings. The van der Waals surface area contributed by atoms with Gasteiger partial charge in [-0.2, -0.15) is 0 Å². The summed E-state index contributed by atoms with van der Waals surface area (Å²) in [7, 11) is 0. The minimum absolute atomic E-state index is 0.142. The van der Waals surface area contributed by atoms with Gasteiger partial charge >= 0.3 is 5.97 Å². The average Bonchev–Trinajstić information content (AvgIpc) is 2.81. The third-order valence-corrected chi connectivity index (χ3v) is 4.69. The Hall–Kier alpha value is -3.51. The second kappa shape index (κ2) is 12.5. The minimum atomic E-state index is -0.956. The molecule has 6 heteroatoms. The number of rotatable bonds is 13. The van der Waals surface area contributed by atoms with Crippen LogP contribution >= 0.6 is 0 Å². The van der Waals surface area contributed by atoms with Crippen molar-refractivity contribution in [2.75, 3.05) is 13.2 Å². The lowest BCUT2D eigenvalue weighted by Crippen LogP contribution is -2.29. The van der Waals surface area contributed by atoms with Crippen LogP contribution in [-0.2, 0) is 16.0 Å². The molecular formula is C27H30O6. The molecule has 33 heavy (non-hydrogen) atoms. The molecule has 0 radical (unpaired) electrons. The predicted octanol–water partition coefficient (Wildman–Crippen LogP) is 5.75. The van der Waals surface area contributed by atoms with Crippen LogP contribution in [0.1, 0.15) is 25.8 Å². The number of aliphatic carboxylic acids is 1. The largest absolute Gasteiger partial charge is 0.493 e. The van der Waals surface area contributed by atoms with Gasteiger partial charge in [0, 0.05) is 12.8 Å². The summed E-state index contributed by atoms with van der Waals surface area (Å²) in [6.07, 6.45) is 0.0498. The molecular weight excluding hydrogens is 420 g/mol. The first-order chi connectivity index (χ1) is 16.0. The van der Waals surface area contributed by atoms with E-state index in [1.54, 1.807) is 0 Å². The van der Waals surface area contributed by atoms with Gasteiger partial charge in [0.2, 0.25) is 0 Å². The molecule has 1 atom stereocenters. The van der Waals surface area contributed by atoms with Crippen LogP contribution in [0.4, 0.5) is 0 Å². The second-order valence-corrected chi connectivity index (χ2v) is 7.80. The maximum atomic E-state index is 11.3. The standard InChI is InChI=1S/C27H30O6/c1-20(2)32-26(27(28)29)19-21-9-11-22(12-10-21)30-17-6-18-31-23-13-15-25(16-14-23)33-24-7-4-3-5-8-24/h3-5,7-16,20,26H,6,17-19H2,1-2H3,(H,28,29)/t26-/m0/s1. The Balaban J connectivity index is 1.35. The zero-order chi connectivity index (χ0) is 23.5. The first kappa shape index (κ1) is 24.1. The van der Waals surface area contributed by atoms with Crippen molar-refractivity contribution in [1.82, 2.24) is 0 Å². The summed E-state index contributed by atoms with van der Waals surface area (Å²) in [6, 6.07) is 24.6. The molecule has 0 fully saturated rings. The molecule has 0 unspecified atom stereocenters. The van der Waals surface area contributed by atoms with Gasteiger partial charge in [-0.3, -0.25) is 0 Å². The van der Waals surface area contributed by atoms with Crippen LogP contribution in [0.15, 0.2) is 78.9 Å². The summed E-state index contributed by atoms with van der Waals surface area (Å²) in [5.74, 6) is 2.10. The van der Waals surface area contributed by atoms with E-state index in [0.717, 1.165) is 35.0 Å². The molecule has 0 aliphatic carbocycles. The maximum absolute atomic E-state index is 11.3. The molecule has 174 valence electrons. The van der Waals surface area contributed by atoms with E-state index in [1.807, 2.05) is 92.7 Å². The lowest BCUT2D eigenvalue weighted by Gasteiger charge is -2.16. The summed E-state index contributed by atoms with van der Waals surface area (Å²) in [6.45, 7) is 4.70. The lowest BCUT2D eigenvalue weighted by molar-refractivity contribution is -0.153. The topological polar surface area (TPSA) is 74.2 Å². The highest BCUT2D eigenvalue weighted by atomic mass is 16.5. The Labute approximate surface area is 194 Å². The zero-order valence-electron chi connectivity index (χ0n) is 19.0. The highest BCUT2D eigenvalue weighted by molar-refractivity contribution is 5.72. The van der Waals surface area contributed by atoms with Gasteiger partial charge < -0.3 is 24.1 Å². The summed E-state index contributed by atoms with van der Waals surface area (Å²) in [5.41, 5.74) is 0.887. The molecule has 0 saturated heterocycles. The van der Waals surface area contributed by atoms with Crippen LogP contribution < -0.4 is 14.2 Å². The Morgan fingerprint density at radius 3 is 1.82 bits per heavy atom. The van der Waals surface area contributed by atoms with Crippen molar-refractivity contribution in [3.8, 4) is 23.0 Å². The highest BCUT2D eigenvalue weighted by Gasteiger charge is 2.20. The van der Waals surface area contributed by atoms with Gasteiger partial charge in [-0.15, -0.1) is 0 Å². The molecule has 0 heterocycles. The van der Waals surface area contributed by atoms with Crippen molar-refractivity contribution >= 4 is 5.97 Å². The third-order valence-electron chi connectivity index (χ3n) is 4.69. The van der Waals surface area contributed by atoms with Crippen LogP contribution in [0, 0.1) is 0 Å². The van der Waals surface area contributed by atoms with Gasteiger partial charge in [0.05, 0.1) is 19.3 Å². The quantitative estimate of drug-likeness (QED) is 0.334. The van der Waals surface area contributed by atoms with Crippen molar-refractivity contribution in [3.63, 3.8) is 0 Å². The normalized spacial score (nSPS) is 11.7. The van der Waals surface area contributed by atoms with Crippen molar-refractivity contribution in [3.05, 3.63) is 84.4 Å². The van der Waals surface area contributed by atoms with Gasteiger partial charge in [0.25, 0.3) is 0 Å². The molecule has 0 aliphatic rings. The molecule has 3 rings (SSSR count). The molecule has 0 aromatic heterocycles. The Kier molecular flexibility index (Phi) is 9.15. The smallest absolute Gasteiger partial charge is 0.333 e. The van der Waals surface area contributed by atoms with E-state index in [-0.39, 0.29) is 6.10 Å². The molecule has 6 nitrogen and oxygen atoms in total. The van der Waals surface area contributed by atoms with Gasteiger partial charge in [0.15, 0.2) is 6.10 Å². The van der Waals surface area contributed by atoms with Crippen molar-refractivity contribution < 1.29 is 28.8 Å². The third kappa shape index (κ3) is 8.50. The lowest BCUT2D eigenvalue weighted by atomic mass is 10.1. The SMILES string of the molecule is CC(C)O[C@@H](Cc1ccc(OCCCOc2ccc(Oc3ccccc3)cc2)cc1)C(=O)O. The number of hydrogen-bond acceptors (Lipinski definition) is 5. The molecule has 0 bridgehead atoms. The molecule has 1 N–H and O–H groups in total. The number of carboxylic acids is 1. The number of carboxylic acid groups (broad SMARTS) is 1. The molecule has 3 aromatic carbocycles. The minimum Gasteiger partial charge on any atom is -0.493 e. The fraction of sp³-hybridized carbons (Fsp3) is 0.296. The van der Waals surface area contributed by atoms with Gasteiger partial charge in [0.1, 0.15) is 23.0 Å². The van der Waals surface area contributed by atoms with Crippen molar-refractivity contribution in [2.45, 2.75) is 38.9 Å². The number of benzene rings is 3. The predicted molar refractivity (Wildman–Crippen MR) is 126 cm³/mol. The van der Waals surface area contributed by atoms with E-state index >= 15 is 0 Å².